The third-order valence-electron chi connectivity index (χ3n) is 2.99. The number of rotatable bonds is 3. The van der Waals surface area contributed by atoms with Crippen LogP contribution in [0.1, 0.15) is 20.7 Å². The van der Waals surface area contributed by atoms with Crippen LogP contribution in [0.15, 0.2) is 42.5 Å². The molecule has 3 rings (SSSR count). The maximum Gasteiger partial charge on any atom is 0.335 e. The van der Waals surface area contributed by atoms with E-state index in [1.54, 1.807) is 30.3 Å². The summed E-state index contributed by atoms with van der Waals surface area (Å²) in [5.74, 6) is -1.98. The summed E-state index contributed by atoms with van der Waals surface area (Å²) in [6.45, 7) is 0. The van der Waals surface area contributed by atoms with Crippen molar-refractivity contribution in [3.8, 4) is 10.6 Å². The smallest absolute Gasteiger partial charge is 0.335 e. The predicted octanol–water partition coefficient (Wildman–Crippen LogP) is 3.36. The normalized spacial score (nSPS) is 10.7. The van der Waals surface area contributed by atoms with Crippen molar-refractivity contribution in [3.05, 3.63) is 53.6 Å². The molecule has 6 heteroatoms. The number of carboxylic acids is 2. The van der Waals surface area contributed by atoms with Crippen LogP contribution in [-0.2, 0) is 0 Å². The molecule has 0 unspecified atom stereocenters. The van der Waals surface area contributed by atoms with E-state index in [0.717, 1.165) is 4.70 Å². The van der Waals surface area contributed by atoms with Crippen LogP contribution in [-0.4, -0.2) is 27.1 Å². The number of nitrogens with zero attached hydrogens (tertiary/aromatic N) is 1. The Morgan fingerprint density at radius 2 is 1.67 bits per heavy atom. The molecular weight excluding hydrogens is 290 g/mol. The van der Waals surface area contributed by atoms with Gasteiger partial charge in [-0.3, -0.25) is 0 Å². The van der Waals surface area contributed by atoms with E-state index in [-0.39, 0.29) is 11.1 Å². The zero-order valence-electron chi connectivity index (χ0n) is 10.6. The summed E-state index contributed by atoms with van der Waals surface area (Å²) < 4.78 is 0.755. The van der Waals surface area contributed by atoms with E-state index in [0.29, 0.717) is 16.1 Å². The van der Waals surface area contributed by atoms with Crippen LogP contribution in [0.2, 0.25) is 0 Å². The largest absolute Gasteiger partial charge is 0.478 e. The fraction of sp³-hybridized carbons (Fsp3) is 0. The molecule has 2 N–H and O–H groups in total. The van der Waals surface area contributed by atoms with Gasteiger partial charge in [0.25, 0.3) is 0 Å². The lowest BCUT2D eigenvalue weighted by molar-refractivity contribution is 0.0686. The topological polar surface area (TPSA) is 87.5 Å². The Hall–Kier alpha value is -2.73. The van der Waals surface area contributed by atoms with Crippen LogP contribution >= 0.6 is 11.3 Å². The minimum absolute atomic E-state index is 0.193. The number of fused-ring (bicyclic) bond motifs is 1. The molecule has 0 saturated heterocycles. The molecule has 2 aromatic carbocycles. The van der Waals surface area contributed by atoms with Crippen molar-refractivity contribution >= 4 is 33.5 Å². The molecule has 104 valence electrons. The number of hydrogen-bond acceptors (Lipinski definition) is 4. The van der Waals surface area contributed by atoms with Gasteiger partial charge < -0.3 is 10.2 Å². The van der Waals surface area contributed by atoms with Crippen LogP contribution in [0.25, 0.3) is 20.8 Å². The third-order valence-corrected chi connectivity index (χ3v) is 4.06. The summed E-state index contributed by atoms with van der Waals surface area (Å²) >= 11 is 1.33. The van der Waals surface area contributed by atoms with E-state index in [1.165, 1.54) is 23.5 Å². The molecule has 0 aliphatic rings. The number of hydrogen-bond donors (Lipinski definition) is 2. The van der Waals surface area contributed by atoms with Gasteiger partial charge >= 0.3 is 11.9 Å². The lowest BCUT2D eigenvalue weighted by Crippen LogP contribution is -1.95. The SMILES string of the molecule is O=C(O)c1cccc(-c2nc3ccc(C(=O)O)cc3s2)c1. The Morgan fingerprint density at radius 1 is 0.952 bits per heavy atom. The summed E-state index contributed by atoms with van der Waals surface area (Å²) in [6.07, 6.45) is 0. The van der Waals surface area contributed by atoms with Crippen molar-refractivity contribution in [2.24, 2.45) is 0 Å². The molecule has 0 spiro atoms. The van der Waals surface area contributed by atoms with Crippen molar-refractivity contribution in [2.75, 3.05) is 0 Å². The Balaban J connectivity index is 2.10. The summed E-state index contributed by atoms with van der Waals surface area (Å²) in [7, 11) is 0. The molecule has 3 aromatic rings. The van der Waals surface area contributed by atoms with E-state index < -0.39 is 11.9 Å². The highest BCUT2D eigenvalue weighted by atomic mass is 32.1. The van der Waals surface area contributed by atoms with Crippen LogP contribution in [0, 0.1) is 0 Å². The van der Waals surface area contributed by atoms with Gasteiger partial charge in [-0.1, -0.05) is 12.1 Å². The summed E-state index contributed by atoms with van der Waals surface area (Å²) in [5, 5.41) is 18.7. The molecule has 0 amide bonds. The average molecular weight is 299 g/mol. The molecule has 21 heavy (non-hydrogen) atoms. The number of aromatic nitrogens is 1. The van der Waals surface area contributed by atoms with Crippen LogP contribution in [0.3, 0.4) is 0 Å². The van der Waals surface area contributed by atoms with Crippen LogP contribution in [0.4, 0.5) is 0 Å². The van der Waals surface area contributed by atoms with Gasteiger partial charge in [0, 0.05) is 5.56 Å². The number of thiazole rings is 1. The molecular formula is C15H9NO4S. The summed E-state index contributed by atoms with van der Waals surface area (Å²) in [5.41, 5.74) is 1.80. The maximum atomic E-state index is 11.0. The van der Waals surface area contributed by atoms with Crippen LogP contribution in [0.5, 0.6) is 0 Å². The van der Waals surface area contributed by atoms with Gasteiger partial charge in [0.1, 0.15) is 5.01 Å². The quantitative estimate of drug-likeness (QED) is 0.774. The van der Waals surface area contributed by atoms with E-state index in [9.17, 15) is 9.59 Å². The summed E-state index contributed by atoms with van der Waals surface area (Å²) in [4.78, 5) is 26.4. The Bertz CT molecular complexity index is 869. The highest BCUT2D eigenvalue weighted by molar-refractivity contribution is 7.21. The highest BCUT2D eigenvalue weighted by Crippen LogP contribution is 2.31. The molecule has 0 bridgehead atoms. The number of aromatic carboxylic acids is 2. The number of benzene rings is 2. The second kappa shape index (κ2) is 4.99. The van der Waals surface area contributed by atoms with Gasteiger partial charge in [0.2, 0.25) is 0 Å². The van der Waals surface area contributed by atoms with E-state index >= 15 is 0 Å². The molecule has 0 aliphatic carbocycles. The first-order valence-corrected chi connectivity index (χ1v) is 6.84. The molecule has 0 radical (unpaired) electrons. The lowest BCUT2D eigenvalue weighted by Gasteiger charge is -1.97. The van der Waals surface area contributed by atoms with E-state index in [4.69, 9.17) is 10.2 Å². The molecule has 1 heterocycles. The molecule has 0 saturated carbocycles. The van der Waals surface area contributed by atoms with Crippen LogP contribution < -0.4 is 0 Å². The highest BCUT2D eigenvalue weighted by Gasteiger charge is 2.11. The Kier molecular flexibility index (Phi) is 3.15. The van der Waals surface area contributed by atoms with Crippen molar-refractivity contribution < 1.29 is 19.8 Å². The van der Waals surface area contributed by atoms with Crippen molar-refractivity contribution in [1.29, 1.82) is 0 Å². The number of carboxylic acid groups (broad SMARTS) is 2. The third kappa shape index (κ3) is 2.48. The standard InChI is InChI=1S/C15H9NO4S/c17-14(18)9-3-1-2-8(6-9)13-16-11-5-4-10(15(19)20)7-12(11)21-13/h1-7H,(H,17,18)(H,19,20). The van der Waals surface area contributed by atoms with Gasteiger partial charge in [-0.05, 0) is 30.3 Å². The first-order valence-electron chi connectivity index (χ1n) is 6.02. The first-order chi connectivity index (χ1) is 10.0. The number of carbonyl (C=O) groups is 2. The monoisotopic (exact) mass is 299 g/mol. The first kappa shape index (κ1) is 13.3. The van der Waals surface area contributed by atoms with E-state index in [2.05, 4.69) is 4.98 Å². The fourth-order valence-electron chi connectivity index (χ4n) is 1.97. The lowest BCUT2D eigenvalue weighted by atomic mass is 10.1. The Labute approximate surface area is 123 Å². The Morgan fingerprint density at radius 3 is 2.38 bits per heavy atom. The van der Waals surface area contributed by atoms with Crippen molar-refractivity contribution in [2.45, 2.75) is 0 Å². The second-order valence-corrected chi connectivity index (χ2v) is 5.42. The van der Waals surface area contributed by atoms with Gasteiger partial charge in [0.15, 0.2) is 0 Å². The summed E-state index contributed by atoms with van der Waals surface area (Å²) in [6, 6.07) is 11.2. The maximum absolute atomic E-state index is 11.0. The minimum Gasteiger partial charge on any atom is -0.478 e. The minimum atomic E-state index is -0.994. The van der Waals surface area contributed by atoms with Gasteiger partial charge in [-0.25, -0.2) is 14.6 Å². The fourth-order valence-corrected chi connectivity index (χ4v) is 2.97. The van der Waals surface area contributed by atoms with Crippen molar-refractivity contribution in [3.63, 3.8) is 0 Å². The van der Waals surface area contributed by atoms with Crippen molar-refractivity contribution in [1.82, 2.24) is 4.98 Å². The van der Waals surface area contributed by atoms with Gasteiger partial charge in [0.05, 0.1) is 21.3 Å². The second-order valence-electron chi connectivity index (χ2n) is 4.39. The molecule has 5 nitrogen and oxygen atoms in total. The van der Waals surface area contributed by atoms with E-state index in [1.807, 2.05) is 0 Å². The zero-order valence-corrected chi connectivity index (χ0v) is 11.4. The molecule has 1 aromatic heterocycles. The molecule has 0 aliphatic heterocycles. The zero-order chi connectivity index (χ0) is 15.0. The molecule has 0 atom stereocenters. The van der Waals surface area contributed by atoms with Gasteiger partial charge in [-0.15, -0.1) is 11.3 Å². The predicted molar refractivity (Wildman–Crippen MR) is 79.0 cm³/mol. The average Bonchev–Trinajstić information content (AvgIpc) is 2.90. The van der Waals surface area contributed by atoms with Gasteiger partial charge in [-0.2, -0.15) is 0 Å². The molecule has 0 fully saturated rings.